The molecule has 1 aromatic carbocycles. The second-order valence-corrected chi connectivity index (χ2v) is 7.02. The molecule has 1 N–H and O–H groups in total. The van der Waals surface area contributed by atoms with Gasteiger partial charge in [-0.05, 0) is 49.4 Å². The topological polar surface area (TPSA) is 32.3 Å². The number of nitrogens with zero attached hydrogens (tertiary/aromatic N) is 1. The lowest BCUT2D eigenvalue weighted by Gasteiger charge is -2.32. The van der Waals surface area contributed by atoms with E-state index in [1.165, 1.54) is 16.0 Å². The molecule has 4 heteroatoms. The fraction of sp³-hybridized carbons (Fsp3) is 0.389. The molecule has 22 heavy (non-hydrogen) atoms. The van der Waals surface area contributed by atoms with Gasteiger partial charge in [0.1, 0.15) is 0 Å². The molecule has 1 amide bonds. The molecule has 1 atom stereocenters. The zero-order chi connectivity index (χ0) is 15.5. The van der Waals surface area contributed by atoms with Crippen molar-refractivity contribution in [3.63, 3.8) is 0 Å². The largest absolute Gasteiger partial charge is 0.350 e. The molecule has 0 saturated carbocycles. The second-order valence-electron chi connectivity index (χ2n) is 6.01. The van der Waals surface area contributed by atoms with Gasteiger partial charge in [0.25, 0.3) is 5.91 Å². The summed E-state index contributed by atoms with van der Waals surface area (Å²) in [7, 11) is 0. The van der Waals surface area contributed by atoms with Gasteiger partial charge in [-0.25, -0.2) is 0 Å². The first-order valence-electron chi connectivity index (χ1n) is 7.77. The van der Waals surface area contributed by atoms with Crippen LogP contribution in [0.5, 0.6) is 0 Å². The molecule has 1 aliphatic rings. The third kappa shape index (κ3) is 3.39. The highest BCUT2D eigenvalue weighted by Gasteiger charge is 2.21. The van der Waals surface area contributed by atoms with E-state index in [2.05, 4.69) is 28.6 Å². The Kier molecular flexibility index (Phi) is 4.60. The molecular weight excluding hydrogens is 292 g/mol. The van der Waals surface area contributed by atoms with Crippen LogP contribution in [0.1, 0.15) is 33.3 Å². The maximum atomic E-state index is 12.2. The molecule has 0 spiro atoms. The quantitative estimate of drug-likeness (QED) is 0.939. The molecule has 116 valence electrons. The van der Waals surface area contributed by atoms with Crippen molar-refractivity contribution in [2.24, 2.45) is 0 Å². The first-order chi connectivity index (χ1) is 10.6. The zero-order valence-electron chi connectivity index (χ0n) is 13.1. The Morgan fingerprint density at radius 2 is 2.09 bits per heavy atom. The standard InChI is InChI=1S/C18H22N2OS/c1-13-3-5-15(6-4-13)18(21)19-11-14(2)20-9-7-17-16(12-20)8-10-22-17/h3-6,8,10,14H,7,9,11-12H2,1-2H3,(H,19,21). The van der Waals surface area contributed by atoms with Gasteiger partial charge in [0.05, 0.1) is 0 Å². The summed E-state index contributed by atoms with van der Waals surface area (Å²) in [6.45, 7) is 6.98. The molecule has 0 fully saturated rings. The maximum absolute atomic E-state index is 12.2. The number of fused-ring (bicyclic) bond motifs is 1. The van der Waals surface area contributed by atoms with Crippen LogP contribution < -0.4 is 5.32 Å². The highest BCUT2D eigenvalue weighted by atomic mass is 32.1. The lowest BCUT2D eigenvalue weighted by Crippen LogP contribution is -2.44. The van der Waals surface area contributed by atoms with Crippen LogP contribution in [-0.2, 0) is 13.0 Å². The number of hydrogen-bond donors (Lipinski definition) is 1. The van der Waals surface area contributed by atoms with Gasteiger partial charge < -0.3 is 5.32 Å². The Labute approximate surface area is 136 Å². The summed E-state index contributed by atoms with van der Waals surface area (Å²) in [6.07, 6.45) is 1.13. The monoisotopic (exact) mass is 314 g/mol. The van der Waals surface area contributed by atoms with Crippen LogP contribution in [0.3, 0.4) is 0 Å². The molecule has 0 saturated heterocycles. The second kappa shape index (κ2) is 6.63. The van der Waals surface area contributed by atoms with Crippen LogP contribution in [0.25, 0.3) is 0 Å². The average molecular weight is 314 g/mol. The van der Waals surface area contributed by atoms with Gasteiger partial charge in [-0.15, -0.1) is 11.3 Å². The highest BCUT2D eigenvalue weighted by molar-refractivity contribution is 7.10. The molecule has 1 unspecified atom stereocenters. The zero-order valence-corrected chi connectivity index (χ0v) is 14.0. The summed E-state index contributed by atoms with van der Waals surface area (Å²) in [5, 5.41) is 5.23. The summed E-state index contributed by atoms with van der Waals surface area (Å²) < 4.78 is 0. The van der Waals surface area contributed by atoms with E-state index in [1.807, 2.05) is 42.5 Å². The van der Waals surface area contributed by atoms with E-state index >= 15 is 0 Å². The molecule has 1 aliphatic heterocycles. The molecule has 3 rings (SSSR count). The number of nitrogens with one attached hydrogen (secondary N) is 1. The van der Waals surface area contributed by atoms with Gasteiger partial charge in [-0.3, -0.25) is 9.69 Å². The summed E-state index contributed by atoms with van der Waals surface area (Å²) >= 11 is 1.86. The van der Waals surface area contributed by atoms with Gasteiger partial charge in [-0.1, -0.05) is 17.7 Å². The van der Waals surface area contributed by atoms with Gasteiger partial charge >= 0.3 is 0 Å². The minimum atomic E-state index is 0.0140. The molecule has 0 radical (unpaired) electrons. The van der Waals surface area contributed by atoms with Crippen LogP contribution in [-0.4, -0.2) is 29.9 Å². The summed E-state index contributed by atoms with van der Waals surface area (Å²) in [4.78, 5) is 16.1. The van der Waals surface area contributed by atoms with Crippen molar-refractivity contribution in [3.8, 4) is 0 Å². The molecule has 2 aromatic rings. The lowest BCUT2D eigenvalue weighted by molar-refractivity contribution is 0.0932. The number of thiophene rings is 1. The van der Waals surface area contributed by atoms with Crippen LogP contribution in [0, 0.1) is 6.92 Å². The van der Waals surface area contributed by atoms with Crippen LogP contribution >= 0.6 is 11.3 Å². The van der Waals surface area contributed by atoms with Crippen molar-refractivity contribution in [2.75, 3.05) is 13.1 Å². The van der Waals surface area contributed by atoms with E-state index in [0.29, 0.717) is 12.6 Å². The van der Waals surface area contributed by atoms with Crippen molar-refractivity contribution < 1.29 is 4.79 Å². The van der Waals surface area contributed by atoms with E-state index in [0.717, 1.165) is 25.1 Å². The number of hydrogen-bond acceptors (Lipinski definition) is 3. The van der Waals surface area contributed by atoms with Crippen molar-refractivity contribution in [3.05, 3.63) is 57.3 Å². The Bertz CT molecular complexity index is 647. The smallest absolute Gasteiger partial charge is 0.251 e. The molecular formula is C18H22N2OS. The van der Waals surface area contributed by atoms with E-state index in [9.17, 15) is 4.79 Å². The fourth-order valence-electron chi connectivity index (χ4n) is 2.82. The Morgan fingerprint density at radius 1 is 1.32 bits per heavy atom. The summed E-state index contributed by atoms with van der Waals surface area (Å²) in [6, 6.07) is 10.3. The number of aryl methyl sites for hydroxylation is 1. The number of amides is 1. The van der Waals surface area contributed by atoms with Crippen LogP contribution in [0.2, 0.25) is 0 Å². The predicted molar refractivity (Wildman–Crippen MR) is 91.4 cm³/mol. The third-order valence-corrected chi connectivity index (χ3v) is 5.36. The number of carbonyl (C=O) groups excluding carboxylic acids is 1. The minimum Gasteiger partial charge on any atom is -0.350 e. The van der Waals surface area contributed by atoms with Gasteiger partial charge in [-0.2, -0.15) is 0 Å². The van der Waals surface area contributed by atoms with Crippen molar-refractivity contribution >= 4 is 17.2 Å². The van der Waals surface area contributed by atoms with Crippen LogP contribution in [0.4, 0.5) is 0 Å². The normalized spacial score (nSPS) is 16.1. The molecule has 1 aromatic heterocycles. The minimum absolute atomic E-state index is 0.0140. The van der Waals surface area contributed by atoms with Crippen molar-refractivity contribution in [1.82, 2.24) is 10.2 Å². The molecule has 2 heterocycles. The number of carbonyl (C=O) groups is 1. The Hall–Kier alpha value is -1.65. The van der Waals surface area contributed by atoms with Crippen LogP contribution in [0.15, 0.2) is 35.7 Å². The summed E-state index contributed by atoms with van der Waals surface area (Å²) in [5.41, 5.74) is 3.36. The molecule has 0 aliphatic carbocycles. The average Bonchev–Trinajstić information content (AvgIpc) is 3.00. The van der Waals surface area contributed by atoms with E-state index < -0.39 is 0 Å². The predicted octanol–water partition coefficient (Wildman–Crippen LogP) is 3.23. The Balaban J connectivity index is 1.53. The van der Waals surface area contributed by atoms with E-state index in [4.69, 9.17) is 0 Å². The third-order valence-electron chi connectivity index (χ3n) is 4.33. The summed E-state index contributed by atoms with van der Waals surface area (Å²) in [5.74, 6) is 0.0140. The lowest BCUT2D eigenvalue weighted by atomic mass is 10.1. The van der Waals surface area contributed by atoms with Gasteiger partial charge in [0.15, 0.2) is 0 Å². The van der Waals surface area contributed by atoms with Crippen molar-refractivity contribution in [1.29, 1.82) is 0 Å². The number of benzene rings is 1. The fourth-order valence-corrected chi connectivity index (χ4v) is 3.71. The SMILES string of the molecule is Cc1ccc(C(=O)NCC(C)N2CCc3sccc3C2)cc1. The van der Waals surface area contributed by atoms with Gasteiger partial charge in [0, 0.05) is 36.1 Å². The highest BCUT2D eigenvalue weighted by Crippen LogP contribution is 2.24. The van der Waals surface area contributed by atoms with Crippen molar-refractivity contribution in [2.45, 2.75) is 32.9 Å². The molecule has 0 bridgehead atoms. The van der Waals surface area contributed by atoms with E-state index in [-0.39, 0.29) is 5.91 Å². The van der Waals surface area contributed by atoms with Gasteiger partial charge in [0.2, 0.25) is 0 Å². The Morgan fingerprint density at radius 3 is 2.86 bits per heavy atom. The molecule has 3 nitrogen and oxygen atoms in total. The number of rotatable bonds is 4. The maximum Gasteiger partial charge on any atom is 0.251 e. The van der Waals surface area contributed by atoms with E-state index in [1.54, 1.807) is 0 Å². The first kappa shape index (κ1) is 15.3. The first-order valence-corrected chi connectivity index (χ1v) is 8.65.